The second-order valence-electron chi connectivity index (χ2n) is 5.17. The van der Waals surface area contributed by atoms with Crippen molar-refractivity contribution in [2.75, 3.05) is 0 Å². The van der Waals surface area contributed by atoms with Crippen molar-refractivity contribution < 1.29 is 18.3 Å². The van der Waals surface area contributed by atoms with Crippen LogP contribution in [0, 0.1) is 11.8 Å². The Bertz CT molecular complexity index is 416. The van der Waals surface area contributed by atoms with Gasteiger partial charge in [-0.25, -0.2) is 0 Å². The fraction of sp³-hybridized carbons (Fsp3) is 0.769. The number of aromatic nitrogens is 2. The van der Waals surface area contributed by atoms with Crippen LogP contribution in [0.15, 0.2) is 12.4 Å². The zero-order chi connectivity index (χ0) is 14.0. The number of hydrogen-bond acceptors (Lipinski definition) is 2. The van der Waals surface area contributed by atoms with Crippen LogP contribution >= 0.6 is 0 Å². The summed E-state index contributed by atoms with van der Waals surface area (Å²) in [5.41, 5.74) is 0.489. The van der Waals surface area contributed by atoms with E-state index < -0.39 is 24.1 Å². The van der Waals surface area contributed by atoms with Crippen LogP contribution in [0.1, 0.15) is 44.3 Å². The minimum Gasteiger partial charge on any atom is -0.388 e. The predicted molar refractivity (Wildman–Crippen MR) is 64.4 cm³/mol. The topological polar surface area (TPSA) is 38.0 Å². The number of aliphatic hydroxyl groups excluding tert-OH is 1. The van der Waals surface area contributed by atoms with Crippen molar-refractivity contribution >= 4 is 0 Å². The average molecular weight is 276 g/mol. The first-order valence-electron chi connectivity index (χ1n) is 6.70. The maximum atomic E-state index is 13.0. The monoisotopic (exact) mass is 276 g/mol. The fourth-order valence-electron chi connectivity index (χ4n) is 2.90. The van der Waals surface area contributed by atoms with Crippen LogP contribution in [0.3, 0.4) is 0 Å². The summed E-state index contributed by atoms with van der Waals surface area (Å²) in [6, 6.07) is 0. The van der Waals surface area contributed by atoms with Gasteiger partial charge < -0.3 is 5.11 Å². The van der Waals surface area contributed by atoms with Crippen LogP contribution in [-0.4, -0.2) is 21.1 Å². The predicted octanol–water partition coefficient (Wildman–Crippen LogP) is 3.31. The average Bonchev–Trinajstić information content (AvgIpc) is 2.85. The molecule has 1 heterocycles. The molecule has 1 fully saturated rings. The Morgan fingerprint density at radius 3 is 2.68 bits per heavy atom. The van der Waals surface area contributed by atoms with Crippen molar-refractivity contribution in [3.8, 4) is 0 Å². The molecule has 1 aromatic heterocycles. The highest BCUT2D eigenvalue weighted by molar-refractivity contribution is 5.10. The number of halogens is 3. The van der Waals surface area contributed by atoms with Gasteiger partial charge in [-0.2, -0.15) is 18.3 Å². The maximum absolute atomic E-state index is 13.0. The Morgan fingerprint density at radius 2 is 2.11 bits per heavy atom. The summed E-state index contributed by atoms with van der Waals surface area (Å²) in [4.78, 5) is 0. The molecule has 1 aliphatic rings. The van der Waals surface area contributed by atoms with Gasteiger partial charge in [0.1, 0.15) is 0 Å². The van der Waals surface area contributed by atoms with Gasteiger partial charge in [0.2, 0.25) is 0 Å². The lowest BCUT2D eigenvalue weighted by Crippen LogP contribution is -2.36. The molecule has 1 N–H and O–H groups in total. The quantitative estimate of drug-likeness (QED) is 0.919. The van der Waals surface area contributed by atoms with Gasteiger partial charge in [0.05, 0.1) is 18.2 Å². The molecule has 3 nitrogen and oxygen atoms in total. The van der Waals surface area contributed by atoms with E-state index in [4.69, 9.17) is 0 Å². The summed E-state index contributed by atoms with van der Waals surface area (Å²) >= 11 is 0. The highest BCUT2D eigenvalue weighted by Gasteiger charge is 2.48. The third-order valence-electron chi connectivity index (χ3n) is 3.96. The van der Waals surface area contributed by atoms with Crippen LogP contribution in [0.25, 0.3) is 0 Å². The molecule has 19 heavy (non-hydrogen) atoms. The highest BCUT2D eigenvalue weighted by Crippen LogP contribution is 2.46. The standard InChI is InChI=1S/C13H19F3N2O/c1-2-18-8-9(7-17-18)12(19)10-5-3-4-6-11(10)13(14,15)16/h7-8,10-12,19H,2-6H2,1H3. The Morgan fingerprint density at radius 1 is 1.42 bits per heavy atom. The third-order valence-corrected chi connectivity index (χ3v) is 3.96. The molecule has 108 valence electrons. The Hall–Kier alpha value is -1.04. The zero-order valence-electron chi connectivity index (χ0n) is 10.9. The molecule has 1 aliphatic carbocycles. The molecule has 3 atom stereocenters. The summed E-state index contributed by atoms with van der Waals surface area (Å²) in [7, 11) is 0. The summed E-state index contributed by atoms with van der Waals surface area (Å²) in [5, 5.41) is 14.2. The van der Waals surface area contributed by atoms with Gasteiger partial charge in [-0.05, 0) is 19.8 Å². The van der Waals surface area contributed by atoms with Crippen molar-refractivity contribution in [3.63, 3.8) is 0 Å². The molecular formula is C13H19F3N2O. The van der Waals surface area contributed by atoms with E-state index in [1.165, 1.54) is 6.20 Å². The summed E-state index contributed by atoms with van der Waals surface area (Å²) in [6.07, 6.45) is -0.337. The van der Waals surface area contributed by atoms with Gasteiger partial charge in [0.15, 0.2) is 0 Å². The zero-order valence-corrected chi connectivity index (χ0v) is 10.9. The summed E-state index contributed by atoms with van der Waals surface area (Å²) in [5.74, 6) is -2.15. The first-order chi connectivity index (χ1) is 8.93. The molecule has 0 saturated heterocycles. The van der Waals surface area contributed by atoms with Crippen LogP contribution in [0.5, 0.6) is 0 Å². The Balaban J connectivity index is 2.17. The summed E-state index contributed by atoms with van der Waals surface area (Å²) in [6.45, 7) is 2.53. The number of rotatable bonds is 3. The second kappa shape index (κ2) is 5.53. The van der Waals surface area contributed by atoms with Gasteiger partial charge in [0.25, 0.3) is 0 Å². The van der Waals surface area contributed by atoms with E-state index in [9.17, 15) is 18.3 Å². The van der Waals surface area contributed by atoms with E-state index in [1.807, 2.05) is 6.92 Å². The lowest BCUT2D eigenvalue weighted by Gasteiger charge is -2.35. The van der Waals surface area contributed by atoms with Crippen LogP contribution < -0.4 is 0 Å². The number of aliphatic hydroxyl groups is 1. The normalized spacial score (nSPS) is 26.4. The van der Waals surface area contributed by atoms with E-state index in [2.05, 4.69) is 5.10 Å². The highest BCUT2D eigenvalue weighted by atomic mass is 19.4. The first-order valence-corrected chi connectivity index (χ1v) is 6.70. The largest absolute Gasteiger partial charge is 0.392 e. The number of aryl methyl sites for hydroxylation is 1. The number of hydrogen-bond donors (Lipinski definition) is 1. The summed E-state index contributed by atoms with van der Waals surface area (Å²) < 4.78 is 40.6. The van der Waals surface area contributed by atoms with Crippen molar-refractivity contribution in [2.24, 2.45) is 11.8 Å². The number of nitrogens with zero attached hydrogens (tertiary/aromatic N) is 2. The van der Waals surface area contributed by atoms with E-state index >= 15 is 0 Å². The van der Waals surface area contributed by atoms with Crippen LogP contribution in [-0.2, 0) is 6.54 Å². The molecule has 0 bridgehead atoms. The van der Waals surface area contributed by atoms with E-state index in [0.717, 1.165) is 6.42 Å². The molecule has 0 radical (unpaired) electrons. The van der Waals surface area contributed by atoms with Gasteiger partial charge in [-0.1, -0.05) is 12.8 Å². The van der Waals surface area contributed by atoms with Crippen molar-refractivity contribution in [3.05, 3.63) is 18.0 Å². The van der Waals surface area contributed by atoms with Gasteiger partial charge in [-0.15, -0.1) is 0 Å². The molecule has 0 amide bonds. The molecule has 1 saturated carbocycles. The van der Waals surface area contributed by atoms with E-state index in [-0.39, 0.29) is 6.42 Å². The van der Waals surface area contributed by atoms with Gasteiger partial charge in [0, 0.05) is 24.2 Å². The maximum Gasteiger partial charge on any atom is 0.392 e. The van der Waals surface area contributed by atoms with Gasteiger partial charge in [-0.3, -0.25) is 4.68 Å². The lowest BCUT2D eigenvalue weighted by atomic mass is 9.74. The van der Waals surface area contributed by atoms with Gasteiger partial charge >= 0.3 is 6.18 Å². The smallest absolute Gasteiger partial charge is 0.388 e. The first kappa shape index (κ1) is 14.4. The lowest BCUT2D eigenvalue weighted by molar-refractivity contribution is -0.207. The van der Waals surface area contributed by atoms with E-state index in [0.29, 0.717) is 24.9 Å². The fourth-order valence-corrected chi connectivity index (χ4v) is 2.90. The van der Waals surface area contributed by atoms with Crippen LogP contribution in [0.2, 0.25) is 0 Å². The van der Waals surface area contributed by atoms with Crippen molar-refractivity contribution in [1.29, 1.82) is 0 Å². The van der Waals surface area contributed by atoms with Crippen molar-refractivity contribution in [1.82, 2.24) is 9.78 Å². The number of alkyl halides is 3. The molecule has 2 rings (SSSR count). The van der Waals surface area contributed by atoms with Crippen molar-refractivity contribution in [2.45, 2.75) is 51.4 Å². The SMILES string of the molecule is CCn1cc(C(O)C2CCCCC2C(F)(F)F)cn1. The molecule has 0 aliphatic heterocycles. The molecule has 0 aromatic carbocycles. The van der Waals surface area contributed by atoms with E-state index in [1.54, 1.807) is 10.9 Å². The van der Waals surface area contributed by atoms with Crippen LogP contribution in [0.4, 0.5) is 13.2 Å². The molecule has 1 aromatic rings. The molecule has 3 unspecified atom stereocenters. The molecule has 0 spiro atoms. The minimum absolute atomic E-state index is 0.118. The molecular weight excluding hydrogens is 257 g/mol. The third kappa shape index (κ3) is 3.11. The minimum atomic E-state index is -4.23. The molecule has 6 heteroatoms. The second-order valence-corrected chi connectivity index (χ2v) is 5.17. The Labute approximate surface area is 110 Å². The Kier molecular flexibility index (Phi) is 4.18.